The van der Waals surface area contributed by atoms with Crippen LogP contribution in [-0.2, 0) is 6.42 Å². The molecule has 3 rings (SSSR count). The third kappa shape index (κ3) is 3.22. The van der Waals surface area contributed by atoms with E-state index in [1.54, 1.807) is 18.5 Å². The van der Waals surface area contributed by atoms with Gasteiger partial charge in [0.2, 0.25) is 0 Å². The Labute approximate surface area is 117 Å². The number of hydrogen-bond donors (Lipinski definition) is 2. The van der Waals surface area contributed by atoms with E-state index >= 15 is 0 Å². The number of aromatic nitrogens is 3. The van der Waals surface area contributed by atoms with Crippen molar-refractivity contribution in [1.29, 1.82) is 0 Å². The molecule has 1 heterocycles. The number of rotatable bonds is 6. The van der Waals surface area contributed by atoms with E-state index in [0.29, 0.717) is 12.0 Å². The van der Waals surface area contributed by atoms with E-state index in [9.17, 15) is 4.39 Å². The summed E-state index contributed by atoms with van der Waals surface area (Å²) in [4.78, 5) is 4.10. The van der Waals surface area contributed by atoms with Crippen molar-refractivity contribution in [1.82, 2.24) is 20.5 Å². The Morgan fingerprint density at radius 1 is 1.25 bits per heavy atom. The predicted molar refractivity (Wildman–Crippen MR) is 74.9 cm³/mol. The highest BCUT2D eigenvalue weighted by Crippen LogP contribution is 2.36. The summed E-state index contributed by atoms with van der Waals surface area (Å²) in [6.45, 7) is 1.00. The zero-order valence-corrected chi connectivity index (χ0v) is 11.3. The molecule has 0 spiro atoms. The highest BCUT2D eigenvalue weighted by Gasteiger charge is 2.29. The average molecular weight is 274 g/mol. The Morgan fingerprint density at radius 3 is 2.75 bits per heavy atom. The molecule has 2 aromatic rings. The van der Waals surface area contributed by atoms with Crippen LogP contribution >= 0.6 is 0 Å². The first kappa shape index (κ1) is 13.2. The first-order valence-corrected chi connectivity index (χ1v) is 7.14. The van der Waals surface area contributed by atoms with Gasteiger partial charge in [0.25, 0.3) is 0 Å². The summed E-state index contributed by atoms with van der Waals surface area (Å²) in [7, 11) is 0. The van der Waals surface area contributed by atoms with Crippen molar-refractivity contribution in [2.24, 2.45) is 0 Å². The number of benzene rings is 1. The summed E-state index contributed by atoms with van der Waals surface area (Å²) >= 11 is 0. The number of aryl methyl sites for hydroxylation is 1. The van der Waals surface area contributed by atoms with Gasteiger partial charge in [0.15, 0.2) is 0 Å². The lowest BCUT2D eigenvalue weighted by atomic mass is 9.76. The molecule has 0 amide bonds. The normalized spacial score (nSPS) is 21.6. The Hall–Kier alpha value is -1.75. The quantitative estimate of drug-likeness (QED) is 0.795. The number of hydrogen-bond acceptors (Lipinski definition) is 3. The second-order valence-electron chi connectivity index (χ2n) is 5.41. The lowest BCUT2D eigenvalue weighted by molar-refractivity contribution is 0.290. The lowest BCUT2D eigenvalue weighted by Crippen LogP contribution is -2.40. The molecule has 1 aromatic heterocycles. The van der Waals surface area contributed by atoms with Gasteiger partial charge in [-0.15, -0.1) is 0 Å². The molecule has 1 aliphatic rings. The minimum Gasteiger partial charge on any atom is -0.314 e. The smallest absolute Gasteiger partial charge is 0.137 e. The van der Waals surface area contributed by atoms with E-state index in [0.717, 1.165) is 38.1 Å². The maximum atomic E-state index is 12.8. The fourth-order valence-corrected chi connectivity index (χ4v) is 2.70. The highest BCUT2D eigenvalue weighted by molar-refractivity contribution is 5.23. The van der Waals surface area contributed by atoms with E-state index in [1.807, 2.05) is 12.1 Å². The Balaban J connectivity index is 1.33. The Bertz CT molecular complexity index is 517. The molecular weight excluding hydrogens is 255 g/mol. The lowest BCUT2D eigenvalue weighted by Gasteiger charge is -2.36. The van der Waals surface area contributed by atoms with Crippen LogP contribution < -0.4 is 5.32 Å². The molecule has 20 heavy (non-hydrogen) atoms. The zero-order valence-electron chi connectivity index (χ0n) is 11.3. The topological polar surface area (TPSA) is 53.6 Å². The minimum absolute atomic E-state index is 0.157. The SMILES string of the molecule is Fc1ccc(C2CC(NCCCc3ncn[nH]3)C2)cc1. The summed E-state index contributed by atoms with van der Waals surface area (Å²) in [6, 6.07) is 7.50. The van der Waals surface area contributed by atoms with E-state index in [-0.39, 0.29) is 5.82 Å². The van der Waals surface area contributed by atoms with Crippen LogP contribution in [-0.4, -0.2) is 27.8 Å². The molecule has 5 heteroatoms. The van der Waals surface area contributed by atoms with Gasteiger partial charge in [0, 0.05) is 12.5 Å². The maximum Gasteiger partial charge on any atom is 0.137 e. The molecule has 106 valence electrons. The van der Waals surface area contributed by atoms with E-state index in [4.69, 9.17) is 0 Å². The van der Waals surface area contributed by atoms with Gasteiger partial charge in [-0.05, 0) is 49.4 Å². The van der Waals surface area contributed by atoms with Crippen LogP contribution in [0.4, 0.5) is 4.39 Å². The van der Waals surface area contributed by atoms with Gasteiger partial charge >= 0.3 is 0 Å². The van der Waals surface area contributed by atoms with Gasteiger partial charge in [-0.2, -0.15) is 5.10 Å². The van der Waals surface area contributed by atoms with Crippen LogP contribution in [0.15, 0.2) is 30.6 Å². The van der Waals surface area contributed by atoms with Crippen LogP contribution in [0.3, 0.4) is 0 Å². The molecule has 0 radical (unpaired) electrons. The molecule has 0 unspecified atom stereocenters. The summed E-state index contributed by atoms with van der Waals surface area (Å²) in [5.41, 5.74) is 1.26. The molecule has 2 N–H and O–H groups in total. The molecule has 0 aliphatic heterocycles. The van der Waals surface area contributed by atoms with Crippen molar-refractivity contribution < 1.29 is 4.39 Å². The van der Waals surface area contributed by atoms with Gasteiger partial charge < -0.3 is 5.32 Å². The fourth-order valence-electron chi connectivity index (χ4n) is 2.70. The van der Waals surface area contributed by atoms with Crippen molar-refractivity contribution in [2.45, 2.75) is 37.6 Å². The van der Waals surface area contributed by atoms with Crippen LogP contribution in [0.5, 0.6) is 0 Å². The van der Waals surface area contributed by atoms with Crippen molar-refractivity contribution in [3.8, 4) is 0 Å². The van der Waals surface area contributed by atoms with Crippen LogP contribution in [0, 0.1) is 5.82 Å². The molecular formula is C15H19FN4. The second-order valence-corrected chi connectivity index (χ2v) is 5.41. The number of halogens is 1. The summed E-state index contributed by atoms with van der Waals surface area (Å²) in [5.74, 6) is 1.38. The summed E-state index contributed by atoms with van der Waals surface area (Å²) < 4.78 is 12.8. The summed E-state index contributed by atoms with van der Waals surface area (Å²) in [6.07, 6.45) is 5.83. The minimum atomic E-state index is -0.157. The average Bonchev–Trinajstić information content (AvgIpc) is 2.91. The third-order valence-electron chi connectivity index (χ3n) is 3.97. The Kier molecular flexibility index (Phi) is 4.06. The monoisotopic (exact) mass is 274 g/mol. The van der Waals surface area contributed by atoms with Gasteiger partial charge in [0.05, 0.1) is 0 Å². The van der Waals surface area contributed by atoms with Gasteiger partial charge in [-0.1, -0.05) is 12.1 Å². The molecule has 1 saturated carbocycles. The van der Waals surface area contributed by atoms with E-state index < -0.39 is 0 Å². The van der Waals surface area contributed by atoms with Crippen molar-refractivity contribution in [3.05, 3.63) is 47.8 Å². The van der Waals surface area contributed by atoms with Crippen LogP contribution in [0.1, 0.15) is 36.6 Å². The number of nitrogens with one attached hydrogen (secondary N) is 2. The Morgan fingerprint density at radius 2 is 2.05 bits per heavy atom. The van der Waals surface area contributed by atoms with E-state index in [2.05, 4.69) is 20.5 Å². The molecule has 0 saturated heterocycles. The molecule has 4 nitrogen and oxygen atoms in total. The molecule has 1 aliphatic carbocycles. The number of aromatic amines is 1. The molecule has 0 atom stereocenters. The van der Waals surface area contributed by atoms with Crippen LogP contribution in [0.25, 0.3) is 0 Å². The maximum absolute atomic E-state index is 12.8. The first-order valence-electron chi connectivity index (χ1n) is 7.14. The largest absolute Gasteiger partial charge is 0.314 e. The zero-order chi connectivity index (χ0) is 13.8. The second kappa shape index (κ2) is 6.13. The van der Waals surface area contributed by atoms with Gasteiger partial charge in [-0.25, -0.2) is 9.37 Å². The molecule has 1 aromatic carbocycles. The van der Waals surface area contributed by atoms with Crippen molar-refractivity contribution in [2.75, 3.05) is 6.54 Å². The van der Waals surface area contributed by atoms with Crippen LogP contribution in [0.2, 0.25) is 0 Å². The highest BCUT2D eigenvalue weighted by atomic mass is 19.1. The molecule has 0 bridgehead atoms. The van der Waals surface area contributed by atoms with Crippen molar-refractivity contribution >= 4 is 0 Å². The van der Waals surface area contributed by atoms with E-state index in [1.165, 1.54) is 5.56 Å². The summed E-state index contributed by atoms with van der Waals surface area (Å²) in [5, 5.41) is 10.3. The molecule has 1 fully saturated rings. The van der Waals surface area contributed by atoms with Gasteiger partial charge in [-0.3, -0.25) is 5.10 Å². The third-order valence-corrected chi connectivity index (χ3v) is 3.97. The number of H-pyrrole nitrogens is 1. The standard InChI is InChI=1S/C15H19FN4/c16-13-5-3-11(4-6-13)12-8-14(9-12)17-7-1-2-15-18-10-19-20-15/h3-6,10,12,14,17H,1-2,7-9H2,(H,18,19,20). The predicted octanol–water partition coefficient (Wildman–Crippen LogP) is 2.41. The van der Waals surface area contributed by atoms with Gasteiger partial charge in [0.1, 0.15) is 18.0 Å². The number of nitrogens with zero attached hydrogens (tertiary/aromatic N) is 2. The first-order chi connectivity index (χ1) is 9.81. The van der Waals surface area contributed by atoms with Crippen molar-refractivity contribution in [3.63, 3.8) is 0 Å². The fraction of sp³-hybridized carbons (Fsp3) is 0.467.